The molecule has 1 amide bonds. The Kier molecular flexibility index (Phi) is 4.74. The molecule has 1 aliphatic rings. The van der Waals surface area contributed by atoms with E-state index in [1.807, 2.05) is 36.1 Å². The van der Waals surface area contributed by atoms with Gasteiger partial charge in [0.05, 0.1) is 6.54 Å². The SMILES string of the molecule is Cc1ccc(NC(=O)CN2CCC(CC(=O)O)C2)cc1. The Balaban J connectivity index is 1.78. The molecule has 5 nitrogen and oxygen atoms in total. The van der Waals surface area contributed by atoms with Gasteiger partial charge in [-0.15, -0.1) is 0 Å². The van der Waals surface area contributed by atoms with Gasteiger partial charge in [-0.25, -0.2) is 0 Å². The van der Waals surface area contributed by atoms with Crippen molar-refractivity contribution >= 4 is 17.6 Å². The second-order valence-electron chi connectivity index (χ2n) is 5.40. The van der Waals surface area contributed by atoms with Gasteiger partial charge < -0.3 is 10.4 Å². The number of likely N-dealkylation sites (tertiary alicyclic amines) is 1. The van der Waals surface area contributed by atoms with E-state index in [1.54, 1.807) is 0 Å². The van der Waals surface area contributed by atoms with Crippen LogP contribution in [0.1, 0.15) is 18.4 Å². The van der Waals surface area contributed by atoms with Gasteiger partial charge in [-0.1, -0.05) is 17.7 Å². The number of rotatable bonds is 5. The number of aryl methyl sites for hydroxylation is 1. The molecule has 1 saturated heterocycles. The van der Waals surface area contributed by atoms with E-state index in [1.165, 1.54) is 0 Å². The number of hydrogen-bond acceptors (Lipinski definition) is 3. The zero-order valence-electron chi connectivity index (χ0n) is 11.6. The first kappa shape index (κ1) is 14.5. The first-order chi connectivity index (χ1) is 9.52. The van der Waals surface area contributed by atoms with Crippen LogP contribution in [-0.2, 0) is 9.59 Å². The summed E-state index contributed by atoms with van der Waals surface area (Å²) in [7, 11) is 0. The number of carbonyl (C=O) groups is 2. The zero-order chi connectivity index (χ0) is 14.5. The lowest BCUT2D eigenvalue weighted by molar-refractivity contribution is -0.138. The highest BCUT2D eigenvalue weighted by Gasteiger charge is 2.25. The van der Waals surface area contributed by atoms with Gasteiger partial charge >= 0.3 is 5.97 Å². The monoisotopic (exact) mass is 276 g/mol. The number of amides is 1. The fraction of sp³-hybridized carbons (Fsp3) is 0.467. The van der Waals surface area contributed by atoms with Crippen LogP contribution in [0.15, 0.2) is 24.3 Å². The summed E-state index contributed by atoms with van der Waals surface area (Å²) in [6.07, 6.45) is 1.04. The summed E-state index contributed by atoms with van der Waals surface area (Å²) < 4.78 is 0. The molecule has 5 heteroatoms. The molecule has 2 N–H and O–H groups in total. The molecule has 2 rings (SSSR count). The molecule has 0 radical (unpaired) electrons. The third-order valence-electron chi connectivity index (χ3n) is 3.54. The average Bonchev–Trinajstić information content (AvgIpc) is 2.78. The van der Waals surface area contributed by atoms with Crippen molar-refractivity contribution < 1.29 is 14.7 Å². The molecule has 108 valence electrons. The molecule has 20 heavy (non-hydrogen) atoms. The molecule has 0 aromatic heterocycles. The standard InChI is InChI=1S/C15H20N2O3/c1-11-2-4-13(5-3-11)16-14(18)10-17-7-6-12(9-17)8-15(19)20/h2-5,12H,6-10H2,1H3,(H,16,18)(H,19,20). The van der Waals surface area contributed by atoms with Crippen LogP contribution in [0.4, 0.5) is 5.69 Å². The van der Waals surface area contributed by atoms with Crippen molar-refractivity contribution in [2.75, 3.05) is 25.0 Å². The number of aliphatic carboxylic acids is 1. The maximum Gasteiger partial charge on any atom is 0.303 e. The number of carbonyl (C=O) groups excluding carboxylic acids is 1. The van der Waals surface area contributed by atoms with Crippen LogP contribution in [0.2, 0.25) is 0 Å². The molecule has 1 heterocycles. The Morgan fingerprint density at radius 2 is 2.05 bits per heavy atom. The summed E-state index contributed by atoms with van der Waals surface area (Å²) in [5.74, 6) is -0.648. The minimum atomic E-state index is -0.763. The molecule has 0 saturated carbocycles. The van der Waals surface area contributed by atoms with Crippen molar-refractivity contribution in [2.45, 2.75) is 19.8 Å². The maximum absolute atomic E-state index is 11.9. The Labute approximate surface area is 118 Å². The van der Waals surface area contributed by atoms with Crippen molar-refractivity contribution in [2.24, 2.45) is 5.92 Å². The molecule has 1 atom stereocenters. The molecular weight excluding hydrogens is 256 g/mol. The Morgan fingerprint density at radius 1 is 1.35 bits per heavy atom. The quantitative estimate of drug-likeness (QED) is 0.859. The van der Waals surface area contributed by atoms with Gasteiger partial charge in [0.2, 0.25) is 5.91 Å². The molecule has 1 unspecified atom stereocenters. The maximum atomic E-state index is 11.9. The number of nitrogens with zero attached hydrogens (tertiary/aromatic N) is 1. The number of carboxylic acids is 1. The van der Waals surface area contributed by atoms with Gasteiger partial charge in [-0.2, -0.15) is 0 Å². The van der Waals surface area contributed by atoms with Gasteiger partial charge in [0.15, 0.2) is 0 Å². The van der Waals surface area contributed by atoms with Crippen LogP contribution in [0.3, 0.4) is 0 Å². The minimum absolute atomic E-state index is 0.0511. The molecule has 1 fully saturated rings. The third kappa shape index (κ3) is 4.35. The van der Waals surface area contributed by atoms with Gasteiger partial charge in [-0.05, 0) is 37.9 Å². The molecule has 0 spiro atoms. The van der Waals surface area contributed by atoms with Gasteiger partial charge in [-0.3, -0.25) is 14.5 Å². The van der Waals surface area contributed by atoms with E-state index in [4.69, 9.17) is 5.11 Å². The minimum Gasteiger partial charge on any atom is -0.481 e. The summed E-state index contributed by atoms with van der Waals surface area (Å²) in [6, 6.07) is 7.66. The fourth-order valence-corrected chi connectivity index (χ4v) is 2.51. The second-order valence-corrected chi connectivity index (χ2v) is 5.40. The molecular formula is C15H20N2O3. The first-order valence-corrected chi connectivity index (χ1v) is 6.83. The molecule has 1 aromatic carbocycles. The van der Waals surface area contributed by atoms with Gasteiger partial charge in [0.25, 0.3) is 0 Å². The first-order valence-electron chi connectivity index (χ1n) is 6.83. The number of hydrogen-bond donors (Lipinski definition) is 2. The summed E-state index contributed by atoms with van der Waals surface area (Å²) in [5.41, 5.74) is 1.95. The van der Waals surface area contributed by atoms with Crippen LogP contribution in [0, 0.1) is 12.8 Å². The highest BCUT2D eigenvalue weighted by Crippen LogP contribution is 2.19. The molecule has 1 aliphatic heterocycles. The largest absolute Gasteiger partial charge is 0.481 e. The lowest BCUT2D eigenvalue weighted by Gasteiger charge is -2.15. The average molecular weight is 276 g/mol. The van der Waals surface area contributed by atoms with E-state index >= 15 is 0 Å². The summed E-state index contributed by atoms with van der Waals surface area (Å²) in [4.78, 5) is 24.6. The smallest absolute Gasteiger partial charge is 0.303 e. The highest BCUT2D eigenvalue weighted by atomic mass is 16.4. The summed E-state index contributed by atoms with van der Waals surface area (Å²) in [5, 5.41) is 11.6. The van der Waals surface area contributed by atoms with Crippen molar-refractivity contribution in [1.29, 1.82) is 0 Å². The Morgan fingerprint density at radius 3 is 2.70 bits per heavy atom. The number of benzene rings is 1. The van der Waals surface area contributed by atoms with Crippen LogP contribution in [-0.4, -0.2) is 41.5 Å². The van der Waals surface area contributed by atoms with Crippen LogP contribution < -0.4 is 5.32 Å². The normalized spacial score (nSPS) is 18.9. The predicted octanol–water partition coefficient (Wildman–Crippen LogP) is 1.73. The van der Waals surface area contributed by atoms with Gasteiger partial charge in [0, 0.05) is 18.7 Å². The predicted molar refractivity (Wildman–Crippen MR) is 76.6 cm³/mol. The summed E-state index contributed by atoms with van der Waals surface area (Å²) in [6.45, 7) is 3.80. The Bertz CT molecular complexity index is 484. The third-order valence-corrected chi connectivity index (χ3v) is 3.54. The lowest BCUT2D eigenvalue weighted by Crippen LogP contribution is -2.31. The van der Waals surface area contributed by atoms with Crippen LogP contribution in [0.5, 0.6) is 0 Å². The lowest BCUT2D eigenvalue weighted by atomic mass is 10.1. The summed E-state index contributed by atoms with van der Waals surface area (Å²) >= 11 is 0. The fourth-order valence-electron chi connectivity index (χ4n) is 2.51. The molecule has 0 aliphatic carbocycles. The van der Waals surface area contributed by atoms with Crippen LogP contribution >= 0.6 is 0 Å². The molecule has 0 bridgehead atoms. The van der Waals surface area contributed by atoms with E-state index in [-0.39, 0.29) is 18.2 Å². The van der Waals surface area contributed by atoms with Crippen molar-refractivity contribution in [3.05, 3.63) is 29.8 Å². The molecule has 1 aromatic rings. The second kappa shape index (κ2) is 6.52. The topological polar surface area (TPSA) is 69.6 Å². The zero-order valence-corrected chi connectivity index (χ0v) is 11.6. The number of carboxylic acid groups (broad SMARTS) is 1. The number of nitrogens with one attached hydrogen (secondary N) is 1. The van der Waals surface area contributed by atoms with E-state index in [2.05, 4.69) is 5.32 Å². The van der Waals surface area contributed by atoms with Gasteiger partial charge in [0.1, 0.15) is 0 Å². The number of anilines is 1. The van der Waals surface area contributed by atoms with E-state index in [9.17, 15) is 9.59 Å². The highest BCUT2D eigenvalue weighted by molar-refractivity contribution is 5.92. The van der Waals surface area contributed by atoms with Crippen molar-refractivity contribution in [3.8, 4) is 0 Å². The van der Waals surface area contributed by atoms with E-state index in [0.717, 1.165) is 24.2 Å². The van der Waals surface area contributed by atoms with E-state index < -0.39 is 5.97 Å². The van der Waals surface area contributed by atoms with E-state index in [0.29, 0.717) is 13.1 Å². The van der Waals surface area contributed by atoms with Crippen molar-refractivity contribution in [1.82, 2.24) is 4.90 Å². The van der Waals surface area contributed by atoms with Crippen molar-refractivity contribution in [3.63, 3.8) is 0 Å². The Hall–Kier alpha value is -1.88. The van der Waals surface area contributed by atoms with Crippen LogP contribution in [0.25, 0.3) is 0 Å².